The molecule has 2 rings (SSSR count). The number of hydrogen-bond acceptors (Lipinski definition) is 3. The summed E-state index contributed by atoms with van der Waals surface area (Å²) in [6, 6.07) is 2.81. The number of rotatable bonds is 3. The van der Waals surface area contributed by atoms with E-state index < -0.39 is 0 Å². The molecule has 1 aromatic rings. The average molecular weight is 312 g/mol. The molecule has 0 aliphatic carbocycles. The SMILES string of the molecule is Cc1cc(CBr)cnc1N(C)C1CCCN(C)C1. The summed E-state index contributed by atoms with van der Waals surface area (Å²) in [5.41, 5.74) is 2.51. The molecule has 3 nitrogen and oxygen atoms in total. The van der Waals surface area contributed by atoms with Crippen molar-refractivity contribution in [3.8, 4) is 0 Å². The van der Waals surface area contributed by atoms with Gasteiger partial charge in [0, 0.05) is 31.2 Å². The van der Waals surface area contributed by atoms with Gasteiger partial charge in [-0.15, -0.1) is 0 Å². The maximum absolute atomic E-state index is 4.63. The number of halogens is 1. The van der Waals surface area contributed by atoms with Gasteiger partial charge in [-0.3, -0.25) is 0 Å². The largest absolute Gasteiger partial charge is 0.355 e. The summed E-state index contributed by atoms with van der Waals surface area (Å²) in [4.78, 5) is 9.39. The highest BCUT2D eigenvalue weighted by Gasteiger charge is 2.22. The lowest BCUT2D eigenvalue weighted by molar-refractivity contribution is 0.247. The van der Waals surface area contributed by atoms with Crippen LogP contribution in [-0.4, -0.2) is 43.1 Å². The molecule has 1 aliphatic heterocycles. The molecule has 0 radical (unpaired) electrons. The number of likely N-dealkylation sites (N-methyl/N-ethyl adjacent to an activating group) is 2. The van der Waals surface area contributed by atoms with Gasteiger partial charge in [-0.25, -0.2) is 4.98 Å². The van der Waals surface area contributed by atoms with Gasteiger partial charge in [-0.2, -0.15) is 0 Å². The van der Waals surface area contributed by atoms with Crippen LogP contribution in [0.2, 0.25) is 0 Å². The Balaban J connectivity index is 2.15. The summed E-state index contributed by atoms with van der Waals surface area (Å²) >= 11 is 3.48. The lowest BCUT2D eigenvalue weighted by atomic mass is 10.0. The molecule has 0 amide bonds. The van der Waals surface area contributed by atoms with Crippen LogP contribution < -0.4 is 4.90 Å². The number of alkyl halides is 1. The van der Waals surface area contributed by atoms with Crippen molar-refractivity contribution < 1.29 is 0 Å². The van der Waals surface area contributed by atoms with E-state index in [1.165, 1.54) is 30.5 Å². The predicted octanol–water partition coefficient (Wildman–Crippen LogP) is 2.82. The van der Waals surface area contributed by atoms with Crippen molar-refractivity contribution >= 4 is 21.7 Å². The Labute approximate surface area is 118 Å². The lowest BCUT2D eigenvalue weighted by Gasteiger charge is -2.37. The van der Waals surface area contributed by atoms with Gasteiger partial charge in [-0.05, 0) is 44.5 Å². The number of hydrogen-bond donors (Lipinski definition) is 0. The van der Waals surface area contributed by atoms with Gasteiger partial charge < -0.3 is 9.80 Å². The van der Waals surface area contributed by atoms with Crippen LogP contribution in [0.3, 0.4) is 0 Å². The maximum atomic E-state index is 4.63. The highest BCUT2D eigenvalue weighted by Crippen LogP contribution is 2.23. The third-order valence-corrected chi connectivity index (χ3v) is 4.39. The minimum Gasteiger partial charge on any atom is -0.355 e. The summed E-state index contributed by atoms with van der Waals surface area (Å²) in [5, 5.41) is 0.872. The first-order valence-electron chi connectivity index (χ1n) is 6.54. The summed E-state index contributed by atoms with van der Waals surface area (Å²) in [6.45, 7) is 4.51. The fourth-order valence-corrected chi connectivity index (χ4v) is 3.00. The molecule has 1 fully saturated rings. The van der Waals surface area contributed by atoms with E-state index in [-0.39, 0.29) is 0 Å². The number of nitrogens with zero attached hydrogens (tertiary/aromatic N) is 3. The second-order valence-corrected chi connectivity index (χ2v) is 5.85. The quantitative estimate of drug-likeness (QED) is 0.800. The van der Waals surface area contributed by atoms with E-state index in [9.17, 15) is 0 Å². The average Bonchev–Trinajstić information content (AvgIpc) is 2.37. The summed E-state index contributed by atoms with van der Waals surface area (Å²) < 4.78 is 0. The van der Waals surface area contributed by atoms with Gasteiger partial charge >= 0.3 is 0 Å². The topological polar surface area (TPSA) is 19.4 Å². The minimum absolute atomic E-state index is 0.588. The summed E-state index contributed by atoms with van der Waals surface area (Å²) in [7, 11) is 4.38. The number of pyridine rings is 1. The molecule has 1 aliphatic rings. The van der Waals surface area contributed by atoms with E-state index in [0.29, 0.717) is 6.04 Å². The van der Waals surface area contributed by atoms with E-state index in [1.54, 1.807) is 0 Å². The van der Waals surface area contributed by atoms with Crippen molar-refractivity contribution in [3.63, 3.8) is 0 Å². The zero-order chi connectivity index (χ0) is 13.1. The van der Waals surface area contributed by atoms with Crippen molar-refractivity contribution in [3.05, 3.63) is 23.4 Å². The molecule has 18 heavy (non-hydrogen) atoms. The Kier molecular flexibility index (Phi) is 4.62. The zero-order valence-corrected chi connectivity index (χ0v) is 13.1. The molecule has 1 saturated heterocycles. The second kappa shape index (κ2) is 6.02. The molecule has 1 unspecified atom stereocenters. The van der Waals surface area contributed by atoms with Gasteiger partial charge in [0.1, 0.15) is 5.82 Å². The van der Waals surface area contributed by atoms with Crippen LogP contribution >= 0.6 is 15.9 Å². The molecular weight excluding hydrogens is 290 g/mol. The van der Waals surface area contributed by atoms with Crippen LogP contribution in [0, 0.1) is 6.92 Å². The number of aromatic nitrogens is 1. The fourth-order valence-electron chi connectivity index (χ4n) is 2.70. The first kappa shape index (κ1) is 13.8. The molecule has 0 N–H and O–H groups in total. The number of aryl methyl sites for hydroxylation is 1. The highest BCUT2D eigenvalue weighted by molar-refractivity contribution is 9.08. The highest BCUT2D eigenvalue weighted by atomic mass is 79.9. The van der Waals surface area contributed by atoms with Gasteiger partial charge in [0.05, 0.1) is 0 Å². The van der Waals surface area contributed by atoms with E-state index in [2.05, 4.69) is 57.8 Å². The Bertz CT molecular complexity index is 408. The van der Waals surface area contributed by atoms with Gasteiger partial charge in [-0.1, -0.05) is 22.0 Å². The lowest BCUT2D eigenvalue weighted by Crippen LogP contribution is -2.45. The molecule has 0 spiro atoms. The Hall–Kier alpha value is -0.610. The molecule has 1 atom stereocenters. The van der Waals surface area contributed by atoms with Crippen LogP contribution in [0.25, 0.3) is 0 Å². The van der Waals surface area contributed by atoms with E-state index in [0.717, 1.165) is 17.7 Å². The molecule has 2 heterocycles. The second-order valence-electron chi connectivity index (χ2n) is 5.29. The minimum atomic E-state index is 0.588. The molecule has 100 valence electrons. The zero-order valence-electron chi connectivity index (χ0n) is 11.5. The Morgan fingerprint density at radius 3 is 2.94 bits per heavy atom. The summed E-state index contributed by atoms with van der Waals surface area (Å²) in [5.74, 6) is 1.13. The normalized spacial score (nSPS) is 21.0. The number of anilines is 1. The van der Waals surface area contributed by atoms with Gasteiger partial charge in [0.15, 0.2) is 0 Å². The van der Waals surface area contributed by atoms with E-state index in [1.807, 2.05) is 6.20 Å². The third kappa shape index (κ3) is 3.04. The van der Waals surface area contributed by atoms with E-state index in [4.69, 9.17) is 0 Å². The van der Waals surface area contributed by atoms with Crippen LogP contribution in [0.4, 0.5) is 5.82 Å². The predicted molar refractivity (Wildman–Crippen MR) is 80.5 cm³/mol. The molecule has 0 aromatic carbocycles. The van der Waals surface area contributed by atoms with Crippen LogP contribution in [0.5, 0.6) is 0 Å². The van der Waals surface area contributed by atoms with Crippen LogP contribution in [-0.2, 0) is 5.33 Å². The van der Waals surface area contributed by atoms with Crippen molar-refractivity contribution in [2.45, 2.75) is 31.1 Å². The molecule has 4 heteroatoms. The van der Waals surface area contributed by atoms with Crippen molar-refractivity contribution in [2.75, 3.05) is 32.1 Å². The van der Waals surface area contributed by atoms with Crippen LogP contribution in [0.1, 0.15) is 24.0 Å². The maximum Gasteiger partial charge on any atom is 0.131 e. The summed E-state index contributed by atoms with van der Waals surface area (Å²) in [6.07, 6.45) is 4.52. The monoisotopic (exact) mass is 311 g/mol. The fraction of sp³-hybridized carbons (Fsp3) is 0.643. The number of piperidine rings is 1. The van der Waals surface area contributed by atoms with Crippen LogP contribution in [0.15, 0.2) is 12.3 Å². The van der Waals surface area contributed by atoms with Gasteiger partial charge in [0.25, 0.3) is 0 Å². The molecule has 0 saturated carbocycles. The van der Waals surface area contributed by atoms with Crippen molar-refractivity contribution in [2.24, 2.45) is 0 Å². The Morgan fingerprint density at radius 1 is 1.56 bits per heavy atom. The first-order valence-corrected chi connectivity index (χ1v) is 7.67. The first-order chi connectivity index (χ1) is 8.61. The number of likely N-dealkylation sites (tertiary alicyclic amines) is 1. The van der Waals surface area contributed by atoms with Crippen molar-refractivity contribution in [1.29, 1.82) is 0 Å². The molecule has 1 aromatic heterocycles. The third-order valence-electron chi connectivity index (χ3n) is 3.74. The van der Waals surface area contributed by atoms with Crippen molar-refractivity contribution in [1.82, 2.24) is 9.88 Å². The standard InChI is InChI=1S/C14H22BrN3/c1-11-7-12(8-15)9-16-14(11)18(3)13-5-4-6-17(2)10-13/h7,9,13H,4-6,8,10H2,1-3H3. The molecular formula is C14H22BrN3. The smallest absolute Gasteiger partial charge is 0.131 e. The molecule has 0 bridgehead atoms. The van der Waals surface area contributed by atoms with Gasteiger partial charge in [0.2, 0.25) is 0 Å². The van der Waals surface area contributed by atoms with E-state index >= 15 is 0 Å². The Morgan fingerprint density at radius 2 is 2.33 bits per heavy atom.